The summed E-state index contributed by atoms with van der Waals surface area (Å²) in [4.78, 5) is 4.41. The molecule has 0 aromatic carbocycles. The first-order valence-electron chi connectivity index (χ1n) is 9.84. The summed E-state index contributed by atoms with van der Waals surface area (Å²) in [5, 5.41) is 13.6. The fourth-order valence-electron chi connectivity index (χ4n) is 3.47. The van der Waals surface area contributed by atoms with E-state index >= 15 is 0 Å². The fraction of sp³-hybridized carbons (Fsp3) is 0.455. The van der Waals surface area contributed by atoms with E-state index in [2.05, 4.69) is 48.5 Å². The molecule has 3 aromatic heterocycles. The number of halogens is 1. The summed E-state index contributed by atoms with van der Waals surface area (Å²) in [7, 11) is 0. The van der Waals surface area contributed by atoms with Crippen LogP contribution < -0.4 is 0 Å². The van der Waals surface area contributed by atoms with Crippen LogP contribution in [0, 0.1) is 13.8 Å². The van der Waals surface area contributed by atoms with Crippen molar-refractivity contribution in [3.63, 3.8) is 0 Å². The molecule has 0 atom stereocenters. The SMILES string of the molecule is CCc1ccc2c(-c3cncc(C)c3)c(CCOCCOCCO)c(C)nn12.Cl. The minimum atomic E-state index is 0. The number of rotatable bonds is 10. The van der Waals surface area contributed by atoms with Gasteiger partial charge in [-0.05, 0) is 56.0 Å². The summed E-state index contributed by atoms with van der Waals surface area (Å²) in [6.07, 6.45) is 5.50. The minimum absolute atomic E-state index is 0. The van der Waals surface area contributed by atoms with Gasteiger partial charge in [0.2, 0.25) is 0 Å². The maximum absolute atomic E-state index is 8.73. The van der Waals surface area contributed by atoms with Crippen molar-refractivity contribution in [2.75, 3.05) is 33.0 Å². The average molecular weight is 420 g/mol. The van der Waals surface area contributed by atoms with Crippen LogP contribution in [0.3, 0.4) is 0 Å². The standard InChI is InChI=1S/C22H29N3O3.ClH/c1-4-19-5-6-21-22(18-13-16(2)14-23-15-18)20(17(3)24-25(19)21)7-9-27-11-12-28-10-8-26;/h5-6,13-15,26H,4,7-12H2,1-3H3;1H. The highest BCUT2D eigenvalue weighted by Gasteiger charge is 2.17. The van der Waals surface area contributed by atoms with E-state index in [0.717, 1.165) is 35.2 Å². The van der Waals surface area contributed by atoms with Gasteiger partial charge < -0.3 is 14.6 Å². The van der Waals surface area contributed by atoms with Gasteiger partial charge >= 0.3 is 0 Å². The van der Waals surface area contributed by atoms with Crippen LogP contribution in [0.1, 0.15) is 29.4 Å². The highest BCUT2D eigenvalue weighted by atomic mass is 35.5. The summed E-state index contributed by atoms with van der Waals surface area (Å²) >= 11 is 0. The molecule has 0 fully saturated rings. The smallest absolute Gasteiger partial charge is 0.0731 e. The highest BCUT2D eigenvalue weighted by molar-refractivity contribution is 5.85. The molecule has 0 spiro atoms. The summed E-state index contributed by atoms with van der Waals surface area (Å²) in [5.41, 5.74) is 7.93. The van der Waals surface area contributed by atoms with E-state index in [1.165, 1.54) is 16.8 Å². The number of aliphatic hydroxyl groups is 1. The maximum atomic E-state index is 8.73. The molecule has 0 unspecified atom stereocenters. The van der Waals surface area contributed by atoms with Gasteiger partial charge in [0.25, 0.3) is 0 Å². The Hall–Kier alpha value is -1.99. The molecular weight excluding hydrogens is 390 g/mol. The van der Waals surface area contributed by atoms with E-state index in [1.807, 2.05) is 12.4 Å². The molecule has 0 aliphatic rings. The second kappa shape index (κ2) is 11.3. The van der Waals surface area contributed by atoms with Crippen molar-refractivity contribution >= 4 is 17.9 Å². The molecule has 3 heterocycles. The number of aliphatic hydroxyl groups excluding tert-OH is 1. The largest absolute Gasteiger partial charge is 0.394 e. The molecule has 29 heavy (non-hydrogen) atoms. The molecule has 0 amide bonds. The number of hydrogen-bond donors (Lipinski definition) is 1. The van der Waals surface area contributed by atoms with Gasteiger partial charge in [0.1, 0.15) is 0 Å². The third-order valence-electron chi connectivity index (χ3n) is 4.81. The summed E-state index contributed by atoms with van der Waals surface area (Å²) in [6, 6.07) is 6.47. The Labute approximate surface area is 178 Å². The van der Waals surface area contributed by atoms with E-state index in [-0.39, 0.29) is 19.0 Å². The topological polar surface area (TPSA) is 68.9 Å². The number of fused-ring (bicyclic) bond motifs is 1. The van der Waals surface area contributed by atoms with Gasteiger partial charge in [-0.15, -0.1) is 12.4 Å². The van der Waals surface area contributed by atoms with Gasteiger partial charge in [-0.2, -0.15) is 5.10 Å². The van der Waals surface area contributed by atoms with E-state index in [1.54, 1.807) is 0 Å². The van der Waals surface area contributed by atoms with Crippen molar-refractivity contribution in [3.05, 3.63) is 53.1 Å². The van der Waals surface area contributed by atoms with Crippen molar-refractivity contribution in [2.45, 2.75) is 33.6 Å². The minimum Gasteiger partial charge on any atom is -0.394 e. The van der Waals surface area contributed by atoms with Crippen LogP contribution in [-0.2, 0) is 22.3 Å². The molecule has 0 radical (unpaired) electrons. The van der Waals surface area contributed by atoms with E-state index in [9.17, 15) is 0 Å². The lowest BCUT2D eigenvalue weighted by atomic mass is 9.97. The molecule has 7 heteroatoms. The Morgan fingerprint density at radius 2 is 1.79 bits per heavy atom. The molecule has 3 rings (SSSR count). The van der Waals surface area contributed by atoms with Gasteiger partial charge in [0.05, 0.1) is 44.2 Å². The predicted molar refractivity (Wildman–Crippen MR) is 117 cm³/mol. The van der Waals surface area contributed by atoms with E-state index in [0.29, 0.717) is 26.4 Å². The normalized spacial score (nSPS) is 11.0. The number of aryl methyl sites for hydroxylation is 3. The summed E-state index contributed by atoms with van der Waals surface area (Å²) in [6.45, 7) is 8.25. The lowest BCUT2D eigenvalue weighted by Crippen LogP contribution is -2.11. The zero-order chi connectivity index (χ0) is 19.9. The van der Waals surface area contributed by atoms with Gasteiger partial charge in [0.15, 0.2) is 0 Å². The van der Waals surface area contributed by atoms with Gasteiger partial charge in [-0.1, -0.05) is 6.92 Å². The molecule has 1 N–H and O–H groups in total. The lowest BCUT2D eigenvalue weighted by Gasteiger charge is -2.16. The Morgan fingerprint density at radius 3 is 2.48 bits per heavy atom. The van der Waals surface area contributed by atoms with Crippen molar-refractivity contribution in [1.29, 1.82) is 0 Å². The predicted octanol–water partition coefficient (Wildman–Crippen LogP) is 3.57. The van der Waals surface area contributed by atoms with Crippen molar-refractivity contribution in [1.82, 2.24) is 14.6 Å². The number of ether oxygens (including phenoxy) is 2. The Morgan fingerprint density at radius 1 is 1.03 bits per heavy atom. The Bertz CT molecular complexity index is 927. The maximum Gasteiger partial charge on any atom is 0.0731 e. The Kier molecular flexibility index (Phi) is 9.04. The van der Waals surface area contributed by atoms with Crippen LogP contribution in [0.25, 0.3) is 16.6 Å². The molecule has 0 bridgehead atoms. The first kappa shape index (κ1) is 23.3. The second-order valence-electron chi connectivity index (χ2n) is 6.86. The van der Waals surface area contributed by atoms with Crippen LogP contribution in [0.5, 0.6) is 0 Å². The fourth-order valence-corrected chi connectivity index (χ4v) is 3.47. The molecule has 0 aliphatic heterocycles. The van der Waals surface area contributed by atoms with Crippen molar-refractivity contribution < 1.29 is 14.6 Å². The summed E-state index contributed by atoms with van der Waals surface area (Å²) in [5.74, 6) is 0. The van der Waals surface area contributed by atoms with E-state index in [4.69, 9.17) is 19.7 Å². The number of aromatic nitrogens is 3. The van der Waals surface area contributed by atoms with Crippen molar-refractivity contribution in [2.24, 2.45) is 0 Å². The first-order chi connectivity index (χ1) is 13.7. The van der Waals surface area contributed by atoms with Crippen molar-refractivity contribution in [3.8, 4) is 11.1 Å². The molecular formula is C22H30ClN3O3. The van der Waals surface area contributed by atoms with Crippen LogP contribution >= 0.6 is 12.4 Å². The zero-order valence-electron chi connectivity index (χ0n) is 17.4. The lowest BCUT2D eigenvalue weighted by molar-refractivity contribution is 0.0340. The van der Waals surface area contributed by atoms with Crippen LogP contribution in [0.4, 0.5) is 0 Å². The van der Waals surface area contributed by atoms with Gasteiger partial charge in [0, 0.05) is 29.2 Å². The molecule has 0 saturated carbocycles. The average Bonchev–Trinajstić information content (AvgIpc) is 3.09. The highest BCUT2D eigenvalue weighted by Crippen LogP contribution is 2.31. The third-order valence-corrected chi connectivity index (χ3v) is 4.81. The first-order valence-corrected chi connectivity index (χ1v) is 9.84. The van der Waals surface area contributed by atoms with Crippen LogP contribution in [0.2, 0.25) is 0 Å². The second-order valence-corrected chi connectivity index (χ2v) is 6.86. The van der Waals surface area contributed by atoms with Crippen LogP contribution in [0.15, 0.2) is 30.6 Å². The number of hydrogen-bond acceptors (Lipinski definition) is 5. The number of pyridine rings is 1. The third kappa shape index (κ3) is 5.54. The van der Waals surface area contributed by atoms with Gasteiger partial charge in [-0.3, -0.25) is 4.98 Å². The van der Waals surface area contributed by atoms with Gasteiger partial charge in [-0.25, -0.2) is 4.52 Å². The van der Waals surface area contributed by atoms with Crippen LogP contribution in [-0.4, -0.2) is 52.7 Å². The van der Waals surface area contributed by atoms with E-state index < -0.39 is 0 Å². The quantitative estimate of drug-likeness (QED) is 0.509. The number of nitrogens with zero attached hydrogens (tertiary/aromatic N) is 3. The summed E-state index contributed by atoms with van der Waals surface area (Å²) < 4.78 is 13.0. The molecule has 158 valence electrons. The molecule has 6 nitrogen and oxygen atoms in total. The molecule has 0 saturated heterocycles. The molecule has 3 aromatic rings. The Balaban J connectivity index is 0.00000300. The molecule has 0 aliphatic carbocycles. The monoisotopic (exact) mass is 419 g/mol. The zero-order valence-corrected chi connectivity index (χ0v) is 18.2.